The Morgan fingerprint density at radius 1 is 1.15 bits per heavy atom. The number of aromatic nitrogens is 2. The lowest BCUT2D eigenvalue weighted by Gasteiger charge is -2.11. The van der Waals surface area contributed by atoms with E-state index < -0.39 is 0 Å². The summed E-state index contributed by atoms with van der Waals surface area (Å²) in [5, 5.41) is 19.3. The molecule has 0 atom stereocenters. The smallest absolute Gasteiger partial charge is 0.259 e. The number of aryl methyl sites for hydroxylation is 2. The lowest BCUT2D eigenvalue weighted by molar-refractivity contribution is 0.102. The quantitative estimate of drug-likeness (QED) is 0.427. The van der Waals surface area contributed by atoms with Crippen LogP contribution in [0.1, 0.15) is 28.5 Å². The van der Waals surface area contributed by atoms with Crippen LogP contribution in [0.25, 0.3) is 11.1 Å². The van der Waals surface area contributed by atoms with Crippen molar-refractivity contribution in [3.8, 4) is 11.1 Å². The number of hydrogen-bond donors (Lipinski definition) is 2. The van der Waals surface area contributed by atoms with Crippen LogP contribution in [0, 0.1) is 6.92 Å². The summed E-state index contributed by atoms with van der Waals surface area (Å²) in [5.74, 6) is -0.192. The fourth-order valence-corrected chi connectivity index (χ4v) is 2.80. The molecule has 0 radical (unpaired) electrons. The van der Waals surface area contributed by atoms with E-state index in [0.29, 0.717) is 17.0 Å². The van der Waals surface area contributed by atoms with Gasteiger partial charge in [0.05, 0.1) is 17.0 Å². The van der Waals surface area contributed by atoms with Crippen molar-refractivity contribution in [2.24, 2.45) is 12.2 Å². The molecular weight excluding hydrogens is 328 g/mol. The van der Waals surface area contributed by atoms with Gasteiger partial charge in [-0.3, -0.25) is 9.48 Å². The Labute approximate surface area is 151 Å². The molecule has 1 heterocycles. The molecule has 0 spiro atoms. The monoisotopic (exact) mass is 348 g/mol. The van der Waals surface area contributed by atoms with E-state index in [1.807, 2.05) is 55.5 Å². The van der Waals surface area contributed by atoms with Gasteiger partial charge in [-0.25, -0.2) is 0 Å². The molecule has 0 saturated carbocycles. The van der Waals surface area contributed by atoms with Gasteiger partial charge in [-0.2, -0.15) is 5.10 Å². The van der Waals surface area contributed by atoms with E-state index in [1.54, 1.807) is 24.9 Å². The zero-order chi connectivity index (χ0) is 18.7. The average molecular weight is 348 g/mol. The third kappa shape index (κ3) is 3.49. The fraction of sp³-hybridized carbons (Fsp3) is 0.150. The van der Waals surface area contributed by atoms with E-state index in [1.165, 1.54) is 0 Å². The second-order valence-electron chi connectivity index (χ2n) is 6.06. The van der Waals surface area contributed by atoms with E-state index in [0.717, 1.165) is 22.4 Å². The van der Waals surface area contributed by atoms with E-state index in [4.69, 9.17) is 5.21 Å². The number of benzene rings is 2. The molecule has 3 rings (SSSR count). The summed E-state index contributed by atoms with van der Waals surface area (Å²) in [4.78, 5) is 12.6. The first kappa shape index (κ1) is 17.4. The molecule has 0 saturated heterocycles. The number of carbonyl (C=O) groups excluding carboxylic acids is 1. The maximum Gasteiger partial charge on any atom is 0.259 e. The SMILES string of the molecule is C/C(=N\O)c1ccc(-c2ccccc2NC(=O)c2cn(C)nc2C)cc1. The molecule has 1 amide bonds. The first-order valence-electron chi connectivity index (χ1n) is 8.19. The lowest BCUT2D eigenvalue weighted by atomic mass is 10.0. The Bertz CT molecular complexity index is 972. The summed E-state index contributed by atoms with van der Waals surface area (Å²) in [5.41, 5.74) is 5.21. The van der Waals surface area contributed by atoms with E-state index >= 15 is 0 Å². The number of anilines is 1. The minimum atomic E-state index is -0.192. The van der Waals surface area contributed by atoms with Crippen molar-refractivity contribution in [2.45, 2.75) is 13.8 Å². The maximum atomic E-state index is 12.6. The Morgan fingerprint density at radius 2 is 1.85 bits per heavy atom. The predicted molar refractivity (Wildman–Crippen MR) is 102 cm³/mol. The van der Waals surface area contributed by atoms with Crippen LogP contribution in [0.3, 0.4) is 0 Å². The minimum absolute atomic E-state index is 0.192. The van der Waals surface area contributed by atoms with Crippen molar-refractivity contribution in [1.29, 1.82) is 0 Å². The normalized spacial score (nSPS) is 11.4. The van der Waals surface area contributed by atoms with Crippen LogP contribution in [0.5, 0.6) is 0 Å². The topological polar surface area (TPSA) is 79.5 Å². The molecule has 0 aliphatic rings. The second-order valence-corrected chi connectivity index (χ2v) is 6.06. The van der Waals surface area contributed by atoms with Gasteiger partial charge in [-0.05, 0) is 31.0 Å². The highest BCUT2D eigenvalue weighted by Gasteiger charge is 2.14. The van der Waals surface area contributed by atoms with Gasteiger partial charge in [0.15, 0.2) is 0 Å². The van der Waals surface area contributed by atoms with Gasteiger partial charge in [0, 0.05) is 24.5 Å². The first-order chi connectivity index (χ1) is 12.5. The average Bonchev–Trinajstić information content (AvgIpc) is 3.00. The predicted octanol–water partition coefficient (Wildman–Crippen LogP) is 3.85. The number of nitrogens with zero attached hydrogens (tertiary/aromatic N) is 3. The molecule has 0 aliphatic heterocycles. The van der Waals surface area contributed by atoms with E-state index in [9.17, 15) is 4.79 Å². The maximum absolute atomic E-state index is 12.6. The number of rotatable bonds is 4. The van der Waals surface area contributed by atoms with Crippen LogP contribution in [-0.2, 0) is 7.05 Å². The Morgan fingerprint density at radius 3 is 2.46 bits per heavy atom. The third-order valence-corrected chi connectivity index (χ3v) is 4.20. The Balaban J connectivity index is 1.91. The molecule has 1 aromatic heterocycles. The zero-order valence-corrected chi connectivity index (χ0v) is 14.9. The number of oxime groups is 1. The minimum Gasteiger partial charge on any atom is -0.411 e. The van der Waals surface area contributed by atoms with Gasteiger partial charge in [-0.1, -0.05) is 47.6 Å². The number of nitrogens with one attached hydrogen (secondary N) is 1. The molecule has 2 aromatic carbocycles. The molecule has 26 heavy (non-hydrogen) atoms. The third-order valence-electron chi connectivity index (χ3n) is 4.20. The van der Waals surface area contributed by atoms with Crippen LogP contribution < -0.4 is 5.32 Å². The van der Waals surface area contributed by atoms with Crippen molar-refractivity contribution < 1.29 is 10.0 Å². The number of hydrogen-bond acceptors (Lipinski definition) is 4. The number of para-hydroxylation sites is 1. The van der Waals surface area contributed by atoms with Gasteiger partial charge >= 0.3 is 0 Å². The summed E-state index contributed by atoms with van der Waals surface area (Å²) < 4.78 is 1.62. The molecule has 0 fully saturated rings. The molecule has 3 aromatic rings. The van der Waals surface area contributed by atoms with Crippen molar-refractivity contribution in [2.75, 3.05) is 5.32 Å². The summed E-state index contributed by atoms with van der Waals surface area (Å²) >= 11 is 0. The molecule has 0 unspecified atom stereocenters. The highest BCUT2D eigenvalue weighted by atomic mass is 16.4. The van der Waals surface area contributed by atoms with Crippen LogP contribution in [0.4, 0.5) is 5.69 Å². The van der Waals surface area contributed by atoms with Gasteiger partial charge in [0.25, 0.3) is 5.91 Å². The van der Waals surface area contributed by atoms with Gasteiger partial charge < -0.3 is 10.5 Å². The Hall–Kier alpha value is -3.41. The van der Waals surface area contributed by atoms with Crippen molar-refractivity contribution in [3.05, 3.63) is 71.5 Å². The summed E-state index contributed by atoms with van der Waals surface area (Å²) in [6.45, 7) is 3.55. The molecule has 6 heteroatoms. The van der Waals surface area contributed by atoms with Gasteiger partial charge in [0.2, 0.25) is 0 Å². The second kappa shape index (κ2) is 7.23. The standard InChI is InChI=1S/C20H20N4O2/c1-13(23-26)15-8-10-16(11-9-15)17-6-4-5-7-19(17)21-20(25)18-12-24(3)22-14(18)2/h4-12,26H,1-3H3,(H,21,25)/b23-13+. The summed E-state index contributed by atoms with van der Waals surface area (Å²) in [6.07, 6.45) is 1.71. The molecule has 0 aliphatic carbocycles. The molecule has 6 nitrogen and oxygen atoms in total. The van der Waals surface area contributed by atoms with Crippen LogP contribution in [-0.4, -0.2) is 26.6 Å². The Kier molecular flexibility index (Phi) is 4.84. The zero-order valence-electron chi connectivity index (χ0n) is 14.9. The van der Waals surface area contributed by atoms with Crippen LogP contribution in [0.15, 0.2) is 59.9 Å². The molecular formula is C20H20N4O2. The van der Waals surface area contributed by atoms with Crippen molar-refractivity contribution >= 4 is 17.3 Å². The largest absolute Gasteiger partial charge is 0.411 e. The van der Waals surface area contributed by atoms with Crippen molar-refractivity contribution in [1.82, 2.24) is 9.78 Å². The highest BCUT2D eigenvalue weighted by Crippen LogP contribution is 2.28. The fourth-order valence-electron chi connectivity index (χ4n) is 2.80. The number of amides is 1. The summed E-state index contributed by atoms with van der Waals surface area (Å²) in [7, 11) is 1.79. The first-order valence-corrected chi connectivity index (χ1v) is 8.19. The highest BCUT2D eigenvalue weighted by molar-refractivity contribution is 6.07. The van der Waals surface area contributed by atoms with Crippen molar-refractivity contribution in [3.63, 3.8) is 0 Å². The van der Waals surface area contributed by atoms with Crippen LogP contribution >= 0.6 is 0 Å². The molecule has 2 N–H and O–H groups in total. The van der Waals surface area contributed by atoms with E-state index in [-0.39, 0.29) is 5.91 Å². The van der Waals surface area contributed by atoms with Gasteiger partial charge in [0.1, 0.15) is 0 Å². The van der Waals surface area contributed by atoms with Crippen LogP contribution in [0.2, 0.25) is 0 Å². The van der Waals surface area contributed by atoms with E-state index in [2.05, 4.69) is 15.6 Å². The number of carbonyl (C=O) groups is 1. The summed E-state index contributed by atoms with van der Waals surface area (Å²) in [6, 6.07) is 15.3. The molecule has 132 valence electrons. The van der Waals surface area contributed by atoms with Gasteiger partial charge in [-0.15, -0.1) is 0 Å². The lowest BCUT2D eigenvalue weighted by Crippen LogP contribution is -2.13. The molecule has 0 bridgehead atoms.